The van der Waals surface area contributed by atoms with Crippen LogP contribution in [0.3, 0.4) is 0 Å². The maximum Gasteiger partial charge on any atom is 0.238 e. The van der Waals surface area contributed by atoms with Crippen molar-refractivity contribution in [3.05, 3.63) is 36.1 Å². The van der Waals surface area contributed by atoms with Gasteiger partial charge in [-0.15, -0.1) is 11.8 Å². The highest BCUT2D eigenvalue weighted by atomic mass is 32.2. The second-order valence-electron chi connectivity index (χ2n) is 5.86. The zero-order chi connectivity index (χ0) is 17.1. The van der Waals surface area contributed by atoms with Crippen LogP contribution in [0.25, 0.3) is 0 Å². The average Bonchev–Trinajstić information content (AvgIpc) is 3.31. The van der Waals surface area contributed by atoms with E-state index in [2.05, 4.69) is 15.8 Å². The third-order valence-electron chi connectivity index (χ3n) is 3.61. The highest BCUT2D eigenvalue weighted by Crippen LogP contribution is 2.31. The van der Waals surface area contributed by atoms with Crippen molar-refractivity contribution in [2.24, 2.45) is 5.92 Å². The summed E-state index contributed by atoms with van der Waals surface area (Å²) in [5.74, 6) is 1.14. The fourth-order valence-corrected chi connectivity index (χ4v) is 3.07. The largest absolute Gasteiger partial charge is 0.360 e. The van der Waals surface area contributed by atoms with Crippen molar-refractivity contribution in [2.75, 3.05) is 10.6 Å². The molecule has 6 nitrogen and oxygen atoms in total. The first-order valence-electron chi connectivity index (χ1n) is 7.83. The molecule has 1 atom stereocenters. The van der Waals surface area contributed by atoms with Crippen LogP contribution in [0, 0.1) is 12.8 Å². The van der Waals surface area contributed by atoms with E-state index in [1.807, 2.05) is 31.2 Å². The van der Waals surface area contributed by atoms with Crippen molar-refractivity contribution in [3.63, 3.8) is 0 Å². The molecule has 1 heterocycles. The van der Waals surface area contributed by atoms with Gasteiger partial charge in [-0.1, -0.05) is 11.2 Å². The van der Waals surface area contributed by atoms with E-state index in [0.717, 1.165) is 23.4 Å². The quantitative estimate of drug-likeness (QED) is 0.783. The SMILES string of the molecule is Cc1cc(NC(=O)C(C)Sc2cccc(NC(=O)C3CC3)c2)no1. The lowest BCUT2D eigenvalue weighted by atomic mass is 10.3. The van der Waals surface area contributed by atoms with E-state index >= 15 is 0 Å². The van der Waals surface area contributed by atoms with Gasteiger partial charge in [0.05, 0.1) is 5.25 Å². The van der Waals surface area contributed by atoms with Gasteiger partial charge in [0.2, 0.25) is 11.8 Å². The number of nitrogens with zero attached hydrogens (tertiary/aromatic N) is 1. The van der Waals surface area contributed by atoms with E-state index in [-0.39, 0.29) is 23.0 Å². The van der Waals surface area contributed by atoms with Crippen LogP contribution >= 0.6 is 11.8 Å². The average molecular weight is 345 g/mol. The van der Waals surface area contributed by atoms with E-state index in [0.29, 0.717) is 11.6 Å². The minimum absolute atomic E-state index is 0.0735. The van der Waals surface area contributed by atoms with E-state index < -0.39 is 0 Å². The molecule has 1 unspecified atom stereocenters. The van der Waals surface area contributed by atoms with Gasteiger partial charge in [-0.25, -0.2) is 0 Å². The molecule has 2 aromatic rings. The molecule has 1 aliphatic carbocycles. The van der Waals surface area contributed by atoms with Gasteiger partial charge in [0.15, 0.2) is 5.82 Å². The summed E-state index contributed by atoms with van der Waals surface area (Å²) in [6.45, 7) is 3.59. The summed E-state index contributed by atoms with van der Waals surface area (Å²) in [4.78, 5) is 24.9. The number of nitrogens with one attached hydrogen (secondary N) is 2. The van der Waals surface area contributed by atoms with Gasteiger partial charge in [-0.2, -0.15) is 0 Å². The van der Waals surface area contributed by atoms with Gasteiger partial charge in [0, 0.05) is 22.6 Å². The van der Waals surface area contributed by atoms with Crippen molar-refractivity contribution in [3.8, 4) is 0 Å². The van der Waals surface area contributed by atoms with Gasteiger partial charge in [0.1, 0.15) is 5.76 Å². The summed E-state index contributed by atoms with van der Waals surface area (Å²) in [5.41, 5.74) is 0.761. The number of hydrogen-bond acceptors (Lipinski definition) is 5. The van der Waals surface area contributed by atoms with Gasteiger partial charge < -0.3 is 15.2 Å². The van der Waals surface area contributed by atoms with Crippen molar-refractivity contribution in [2.45, 2.75) is 36.8 Å². The normalized spacial score (nSPS) is 14.9. The molecule has 0 bridgehead atoms. The summed E-state index contributed by atoms with van der Waals surface area (Å²) < 4.78 is 4.93. The summed E-state index contributed by atoms with van der Waals surface area (Å²) in [6, 6.07) is 9.20. The Balaban J connectivity index is 1.57. The molecule has 7 heteroatoms. The van der Waals surface area contributed by atoms with Crippen LogP contribution in [0.1, 0.15) is 25.5 Å². The lowest BCUT2D eigenvalue weighted by Crippen LogP contribution is -2.22. The summed E-state index contributed by atoms with van der Waals surface area (Å²) in [6.07, 6.45) is 1.94. The Labute approximate surface area is 144 Å². The van der Waals surface area contributed by atoms with Crippen LogP contribution in [0.4, 0.5) is 11.5 Å². The number of anilines is 2. The van der Waals surface area contributed by atoms with E-state index in [4.69, 9.17) is 4.52 Å². The molecule has 126 valence electrons. The van der Waals surface area contributed by atoms with Crippen LogP contribution in [-0.4, -0.2) is 22.2 Å². The Hall–Kier alpha value is -2.28. The second-order valence-corrected chi connectivity index (χ2v) is 7.28. The number of aryl methyl sites for hydroxylation is 1. The number of carbonyl (C=O) groups excluding carboxylic acids is 2. The molecule has 3 rings (SSSR count). The molecule has 0 spiro atoms. The molecule has 1 saturated carbocycles. The Morgan fingerprint density at radius 2 is 2.08 bits per heavy atom. The van der Waals surface area contributed by atoms with Crippen LogP contribution in [0.5, 0.6) is 0 Å². The van der Waals surface area contributed by atoms with E-state index in [9.17, 15) is 9.59 Å². The zero-order valence-corrected chi connectivity index (χ0v) is 14.4. The third kappa shape index (κ3) is 4.38. The Bertz CT molecular complexity index is 755. The monoisotopic (exact) mass is 345 g/mol. The fourth-order valence-electron chi connectivity index (χ4n) is 2.15. The molecule has 1 aliphatic rings. The molecule has 2 amide bonds. The van der Waals surface area contributed by atoms with Crippen molar-refractivity contribution < 1.29 is 14.1 Å². The molecule has 1 aromatic carbocycles. The number of benzene rings is 1. The second kappa shape index (κ2) is 7.09. The smallest absolute Gasteiger partial charge is 0.238 e. The third-order valence-corrected chi connectivity index (χ3v) is 4.70. The topological polar surface area (TPSA) is 84.2 Å². The van der Waals surface area contributed by atoms with Gasteiger partial charge in [-0.3, -0.25) is 9.59 Å². The Morgan fingerprint density at radius 1 is 1.29 bits per heavy atom. The summed E-state index contributed by atoms with van der Waals surface area (Å²) in [5, 5.41) is 9.07. The lowest BCUT2D eigenvalue weighted by Gasteiger charge is -2.11. The molecule has 1 aromatic heterocycles. The number of hydrogen-bond donors (Lipinski definition) is 2. The molecule has 0 radical (unpaired) electrons. The number of thioether (sulfide) groups is 1. The first-order valence-corrected chi connectivity index (χ1v) is 8.71. The number of amides is 2. The van der Waals surface area contributed by atoms with E-state index in [1.54, 1.807) is 13.0 Å². The molecule has 24 heavy (non-hydrogen) atoms. The number of carbonyl (C=O) groups is 2. The highest BCUT2D eigenvalue weighted by molar-refractivity contribution is 8.00. The fraction of sp³-hybridized carbons (Fsp3) is 0.353. The standard InChI is InChI=1S/C17H19N3O3S/c1-10-8-15(20-23-10)19-16(21)11(2)24-14-5-3-4-13(9-14)18-17(22)12-6-7-12/h3-5,8-9,11-12H,6-7H2,1-2H3,(H,18,22)(H,19,20,21). The van der Waals surface area contributed by atoms with Crippen molar-refractivity contribution in [1.82, 2.24) is 5.16 Å². The first kappa shape index (κ1) is 16.6. The maximum atomic E-state index is 12.2. The molecular formula is C17H19N3O3S. The highest BCUT2D eigenvalue weighted by Gasteiger charge is 2.29. The summed E-state index contributed by atoms with van der Waals surface area (Å²) >= 11 is 1.42. The first-order chi connectivity index (χ1) is 11.5. The minimum atomic E-state index is -0.309. The van der Waals surface area contributed by atoms with Crippen molar-refractivity contribution >= 4 is 35.1 Å². The number of rotatable bonds is 6. The Kier molecular flexibility index (Phi) is 4.89. The van der Waals surface area contributed by atoms with Gasteiger partial charge >= 0.3 is 0 Å². The predicted octanol–water partition coefficient (Wildman–Crippen LogP) is 3.45. The van der Waals surface area contributed by atoms with Gasteiger partial charge in [-0.05, 0) is 44.9 Å². The van der Waals surface area contributed by atoms with Crippen LogP contribution in [0.15, 0.2) is 39.8 Å². The molecule has 0 saturated heterocycles. The molecule has 0 aliphatic heterocycles. The lowest BCUT2D eigenvalue weighted by molar-refractivity contribution is -0.117. The van der Waals surface area contributed by atoms with Crippen molar-refractivity contribution in [1.29, 1.82) is 0 Å². The Morgan fingerprint density at radius 3 is 2.75 bits per heavy atom. The summed E-state index contributed by atoms with van der Waals surface area (Å²) in [7, 11) is 0. The molecule has 1 fully saturated rings. The minimum Gasteiger partial charge on any atom is -0.360 e. The van der Waals surface area contributed by atoms with Crippen LogP contribution < -0.4 is 10.6 Å². The predicted molar refractivity (Wildman–Crippen MR) is 93.0 cm³/mol. The maximum absolute atomic E-state index is 12.2. The number of aromatic nitrogens is 1. The molecular weight excluding hydrogens is 326 g/mol. The zero-order valence-electron chi connectivity index (χ0n) is 13.5. The van der Waals surface area contributed by atoms with Crippen LogP contribution in [0.2, 0.25) is 0 Å². The van der Waals surface area contributed by atoms with Crippen LogP contribution in [-0.2, 0) is 9.59 Å². The molecule has 2 N–H and O–H groups in total. The van der Waals surface area contributed by atoms with E-state index in [1.165, 1.54) is 11.8 Å². The van der Waals surface area contributed by atoms with Gasteiger partial charge in [0.25, 0.3) is 0 Å².